The molecule has 0 aliphatic heterocycles. The number of hydrogen-bond donors (Lipinski definition) is 2. The van der Waals surface area contributed by atoms with E-state index in [0.717, 1.165) is 18.8 Å². The number of likely N-dealkylation sites (N-methyl/N-ethyl adjacent to an activating group) is 1. The van der Waals surface area contributed by atoms with Crippen molar-refractivity contribution in [3.05, 3.63) is 22.7 Å². The molecule has 6 nitrogen and oxygen atoms in total. The minimum absolute atomic E-state index is 0.469. The predicted molar refractivity (Wildman–Crippen MR) is 75.6 cm³/mol. The molecule has 0 saturated carbocycles. The van der Waals surface area contributed by atoms with Gasteiger partial charge in [0.2, 0.25) is 0 Å². The van der Waals surface area contributed by atoms with Gasteiger partial charge in [0.25, 0.3) is 0 Å². The molecule has 6 heteroatoms. The molecule has 104 valence electrons. The summed E-state index contributed by atoms with van der Waals surface area (Å²) < 4.78 is 10.3. The molecule has 2 aromatic rings. The number of ether oxygens (including phenoxy) is 1. The maximum absolute atomic E-state index is 11.2. The lowest BCUT2D eigenvalue weighted by Crippen LogP contribution is -2.27. The minimum atomic E-state index is -0.469. The SMILES string of the molecule is CCOCCN(CC)c1cc2[nH]c(=O)oc2cc1N. The zero-order chi connectivity index (χ0) is 13.8. The average molecular weight is 265 g/mol. The summed E-state index contributed by atoms with van der Waals surface area (Å²) in [6.07, 6.45) is 0. The molecule has 1 aromatic heterocycles. The average Bonchev–Trinajstić information content (AvgIpc) is 2.73. The fourth-order valence-electron chi connectivity index (χ4n) is 2.04. The Morgan fingerprint density at radius 1 is 1.42 bits per heavy atom. The molecule has 0 radical (unpaired) electrons. The molecule has 1 heterocycles. The minimum Gasteiger partial charge on any atom is -0.408 e. The van der Waals surface area contributed by atoms with Crippen molar-refractivity contribution in [2.75, 3.05) is 36.9 Å². The van der Waals surface area contributed by atoms with Gasteiger partial charge in [-0.15, -0.1) is 0 Å². The number of H-pyrrole nitrogens is 1. The number of fused-ring (bicyclic) bond motifs is 1. The highest BCUT2D eigenvalue weighted by molar-refractivity contribution is 5.85. The molecule has 19 heavy (non-hydrogen) atoms. The number of nitrogen functional groups attached to an aromatic ring is 1. The number of benzene rings is 1. The van der Waals surface area contributed by atoms with Crippen LogP contribution in [-0.4, -0.2) is 31.3 Å². The molecular weight excluding hydrogens is 246 g/mol. The van der Waals surface area contributed by atoms with Crippen molar-refractivity contribution in [1.29, 1.82) is 0 Å². The Balaban J connectivity index is 2.30. The lowest BCUT2D eigenvalue weighted by Gasteiger charge is -2.24. The van der Waals surface area contributed by atoms with Crippen molar-refractivity contribution in [3.63, 3.8) is 0 Å². The highest BCUT2D eigenvalue weighted by atomic mass is 16.5. The van der Waals surface area contributed by atoms with Crippen LogP contribution in [0.2, 0.25) is 0 Å². The molecule has 0 bridgehead atoms. The van der Waals surface area contributed by atoms with E-state index in [9.17, 15) is 4.79 Å². The number of aromatic nitrogens is 1. The number of rotatable bonds is 6. The standard InChI is InChI=1S/C13H19N3O3/c1-3-16(5-6-18-4-2)11-8-10-12(7-9(11)14)19-13(17)15-10/h7-8H,3-6,14H2,1-2H3,(H,15,17). The lowest BCUT2D eigenvalue weighted by atomic mass is 10.2. The van der Waals surface area contributed by atoms with E-state index in [-0.39, 0.29) is 0 Å². The van der Waals surface area contributed by atoms with Gasteiger partial charge in [-0.3, -0.25) is 4.98 Å². The molecule has 0 aliphatic rings. The Morgan fingerprint density at radius 2 is 2.21 bits per heavy atom. The van der Waals surface area contributed by atoms with E-state index in [1.54, 1.807) is 6.07 Å². The lowest BCUT2D eigenvalue weighted by molar-refractivity contribution is 0.154. The maximum Gasteiger partial charge on any atom is 0.417 e. The van der Waals surface area contributed by atoms with Gasteiger partial charge in [-0.1, -0.05) is 0 Å². The first-order valence-corrected chi connectivity index (χ1v) is 6.40. The first kappa shape index (κ1) is 13.5. The molecule has 0 aliphatic carbocycles. The van der Waals surface area contributed by atoms with Crippen LogP contribution in [0.4, 0.5) is 11.4 Å². The summed E-state index contributed by atoms with van der Waals surface area (Å²) in [6, 6.07) is 3.51. The normalized spacial score (nSPS) is 11.1. The Bertz CT molecular complexity index is 603. The second-order valence-electron chi connectivity index (χ2n) is 4.20. The maximum atomic E-state index is 11.2. The Kier molecular flexibility index (Phi) is 4.11. The summed E-state index contributed by atoms with van der Waals surface area (Å²) in [4.78, 5) is 15.9. The highest BCUT2D eigenvalue weighted by Crippen LogP contribution is 2.27. The van der Waals surface area contributed by atoms with Crippen LogP contribution in [-0.2, 0) is 4.74 Å². The summed E-state index contributed by atoms with van der Waals surface area (Å²) >= 11 is 0. The van der Waals surface area contributed by atoms with Crippen LogP contribution in [0.3, 0.4) is 0 Å². The third kappa shape index (κ3) is 2.90. The van der Waals surface area contributed by atoms with Gasteiger partial charge < -0.3 is 19.8 Å². The number of nitrogens with zero attached hydrogens (tertiary/aromatic N) is 1. The third-order valence-corrected chi connectivity index (χ3v) is 3.00. The van der Waals surface area contributed by atoms with Crippen LogP contribution >= 0.6 is 0 Å². The number of nitrogens with two attached hydrogens (primary N) is 1. The van der Waals surface area contributed by atoms with E-state index in [2.05, 4.69) is 9.88 Å². The van der Waals surface area contributed by atoms with Crippen LogP contribution < -0.4 is 16.4 Å². The van der Waals surface area contributed by atoms with Gasteiger partial charge in [0.05, 0.1) is 23.5 Å². The second-order valence-corrected chi connectivity index (χ2v) is 4.20. The van der Waals surface area contributed by atoms with Gasteiger partial charge in [0.15, 0.2) is 5.58 Å². The van der Waals surface area contributed by atoms with Crippen LogP contribution in [0.25, 0.3) is 11.1 Å². The van der Waals surface area contributed by atoms with Gasteiger partial charge in [-0.2, -0.15) is 0 Å². The summed E-state index contributed by atoms with van der Waals surface area (Å²) in [5.74, 6) is -0.469. The van der Waals surface area contributed by atoms with Crippen LogP contribution in [0.1, 0.15) is 13.8 Å². The number of hydrogen-bond acceptors (Lipinski definition) is 5. The van der Waals surface area contributed by atoms with Crippen LogP contribution in [0.5, 0.6) is 0 Å². The van der Waals surface area contributed by atoms with Crippen molar-refractivity contribution >= 4 is 22.5 Å². The van der Waals surface area contributed by atoms with Gasteiger partial charge >= 0.3 is 5.76 Å². The van der Waals surface area contributed by atoms with Crippen molar-refractivity contribution in [2.24, 2.45) is 0 Å². The summed E-state index contributed by atoms with van der Waals surface area (Å²) in [6.45, 7) is 6.92. The number of nitrogens with one attached hydrogen (secondary N) is 1. The van der Waals surface area contributed by atoms with Crippen LogP contribution in [0.15, 0.2) is 21.3 Å². The summed E-state index contributed by atoms with van der Waals surface area (Å²) in [7, 11) is 0. The zero-order valence-electron chi connectivity index (χ0n) is 11.2. The van der Waals surface area contributed by atoms with Crippen molar-refractivity contribution in [3.8, 4) is 0 Å². The van der Waals surface area contributed by atoms with Crippen molar-refractivity contribution in [1.82, 2.24) is 4.98 Å². The van der Waals surface area contributed by atoms with E-state index in [1.165, 1.54) is 0 Å². The monoisotopic (exact) mass is 265 g/mol. The summed E-state index contributed by atoms with van der Waals surface area (Å²) in [5.41, 5.74) is 8.63. The fraction of sp³-hybridized carbons (Fsp3) is 0.462. The Hall–Kier alpha value is -1.95. The molecule has 0 atom stereocenters. The molecule has 0 amide bonds. The van der Waals surface area contributed by atoms with Crippen molar-refractivity contribution in [2.45, 2.75) is 13.8 Å². The first-order chi connectivity index (χ1) is 9.15. The second kappa shape index (κ2) is 5.79. The number of aromatic amines is 1. The molecule has 0 fully saturated rings. The Morgan fingerprint density at radius 3 is 2.89 bits per heavy atom. The molecule has 1 aromatic carbocycles. The fourth-order valence-corrected chi connectivity index (χ4v) is 2.04. The van der Waals surface area contributed by atoms with E-state index < -0.39 is 5.76 Å². The molecule has 2 rings (SSSR count). The predicted octanol–water partition coefficient (Wildman–Crippen LogP) is 1.57. The quantitative estimate of drug-likeness (QED) is 0.611. The van der Waals surface area contributed by atoms with E-state index >= 15 is 0 Å². The van der Waals surface area contributed by atoms with Gasteiger partial charge in [0.1, 0.15) is 0 Å². The van der Waals surface area contributed by atoms with E-state index in [1.807, 2.05) is 19.9 Å². The summed E-state index contributed by atoms with van der Waals surface area (Å²) in [5, 5.41) is 0. The molecule has 0 unspecified atom stereocenters. The van der Waals surface area contributed by atoms with Gasteiger partial charge in [-0.25, -0.2) is 4.79 Å². The van der Waals surface area contributed by atoms with Gasteiger partial charge in [0, 0.05) is 25.8 Å². The molecular formula is C13H19N3O3. The number of anilines is 2. The Labute approximate surface area is 111 Å². The largest absolute Gasteiger partial charge is 0.417 e. The number of oxazole rings is 1. The van der Waals surface area contributed by atoms with E-state index in [0.29, 0.717) is 30.0 Å². The smallest absolute Gasteiger partial charge is 0.408 e. The van der Waals surface area contributed by atoms with Crippen LogP contribution in [0, 0.1) is 0 Å². The van der Waals surface area contributed by atoms with E-state index in [4.69, 9.17) is 14.9 Å². The zero-order valence-corrected chi connectivity index (χ0v) is 11.2. The molecule has 3 N–H and O–H groups in total. The molecule has 0 saturated heterocycles. The highest BCUT2D eigenvalue weighted by Gasteiger charge is 2.12. The van der Waals surface area contributed by atoms with Gasteiger partial charge in [-0.05, 0) is 19.9 Å². The molecule has 0 spiro atoms. The third-order valence-electron chi connectivity index (χ3n) is 3.00. The first-order valence-electron chi connectivity index (χ1n) is 6.40. The van der Waals surface area contributed by atoms with Crippen molar-refractivity contribution < 1.29 is 9.15 Å². The topological polar surface area (TPSA) is 84.5 Å².